The Morgan fingerprint density at radius 3 is 2.76 bits per heavy atom. The van der Waals surface area contributed by atoms with Crippen molar-refractivity contribution in [2.24, 2.45) is 0 Å². The number of rotatable bonds is 3. The van der Waals surface area contributed by atoms with Crippen LogP contribution < -0.4 is 5.32 Å². The van der Waals surface area contributed by atoms with Gasteiger partial charge in [0.1, 0.15) is 0 Å². The van der Waals surface area contributed by atoms with Crippen LogP contribution in [-0.2, 0) is 11.2 Å². The first-order valence-electron chi connectivity index (χ1n) is 5.77. The highest BCUT2D eigenvalue weighted by Crippen LogP contribution is 2.14. The average Bonchev–Trinajstić information content (AvgIpc) is 2.82. The summed E-state index contributed by atoms with van der Waals surface area (Å²) < 4.78 is 0. The van der Waals surface area contributed by atoms with E-state index in [2.05, 4.69) is 5.32 Å². The maximum atomic E-state index is 12.0. The zero-order chi connectivity index (χ0) is 11.4. The van der Waals surface area contributed by atoms with Crippen LogP contribution in [0.4, 0.5) is 0 Å². The summed E-state index contributed by atoms with van der Waals surface area (Å²) in [5, 5.41) is 5.30. The molecule has 3 nitrogen and oxygen atoms in total. The third-order valence-electron chi connectivity index (χ3n) is 3.16. The van der Waals surface area contributed by atoms with Crippen LogP contribution in [-0.4, -0.2) is 37.0 Å². The quantitative estimate of drug-likeness (QED) is 0.913. The van der Waals surface area contributed by atoms with Crippen LogP contribution in [0.25, 0.3) is 0 Å². The molecule has 0 atom stereocenters. The van der Waals surface area contributed by atoms with E-state index in [1.165, 1.54) is 4.88 Å². The minimum absolute atomic E-state index is 0. The molecule has 1 aromatic heterocycles. The molecule has 1 aliphatic rings. The fourth-order valence-electron chi connectivity index (χ4n) is 2.09. The summed E-state index contributed by atoms with van der Waals surface area (Å²) in [6, 6.07) is 4.62. The van der Waals surface area contributed by atoms with E-state index in [-0.39, 0.29) is 18.3 Å². The standard InChI is InChI=1S/C12H18N2OS.ClH/c1-13-10-4-6-14(7-5-10)12(15)9-11-3-2-8-16-11;/h2-3,8,10,13H,4-7,9H2,1H3;1H. The van der Waals surface area contributed by atoms with Crippen LogP contribution in [0.5, 0.6) is 0 Å². The lowest BCUT2D eigenvalue weighted by atomic mass is 10.1. The molecule has 1 aliphatic heterocycles. The molecule has 0 saturated carbocycles. The molecule has 17 heavy (non-hydrogen) atoms. The Kier molecular flexibility index (Phi) is 5.95. The minimum atomic E-state index is 0. The van der Waals surface area contributed by atoms with Gasteiger partial charge in [-0.1, -0.05) is 6.07 Å². The van der Waals surface area contributed by atoms with E-state index in [1.807, 2.05) is 29.5 Å². The maximum absolute atomic E-state index is 12.0. The Morgan fingerprint density at radius 1 is 1.53 bits per heavy atom. The van der Waals surface area contributed by atoms with Crippen LogP contribution >= 0.6 is 23.7 Å². The van der Waals surface area contributed by atoms with Gasteiger partial charge in [0.25, 0.3) is 0 Å². The number of hydrogen-bond acceptors (Lipinski definition) is 3. The molecule has 1 saturated heterocycles. The maximum Gasteiger partial charge on any atom is 0.227 e. The van der Waals surface area contributed by atoms with Gasteiger partial charge in [0.15, 0.2) is 0 Å². The van der Waals surface area contributed by atoms with Crippen molar-refractivity contribution in [1.29, 1.82) is 0 Å². The molecule has 0 aliphatic carbocycles. The molecule has 0 radical (unpaired) electrons. The van der Waals surface area contributed by atoms with Crippen molar-refractivity contribution in [3.63, 3.8) is 0 Å². The molecule has 1 fully saturated rings. The molecule has 0 aromatic carbocycles. The minimum Gasteiger partial charge on any atom is -0.342 e. The van der Waals surface area contributed by atoms with Crippen molar-refractivity contribution in [1.82, 2.24) is 10.2 Å². The van der Waals surface area contributed by atoms with Gasteiger partial charge in [-0.25, -0.2) is 0 Å². The first-order valence-corrected chi connectivity index (χ1v) is 6.65. The van der Waals surface area contributed by atoms with Gasteiger partial charge in [-0.15, -0.1) is 23.7 Å². The monoisotopic (exact) mass is 274 g/mol. The second kappa shape index (κ2) is 6.99. The van der Waals surface area contributed by atoms with E-state index < -0.39 is 0 Å². The van der Waals surface area contributed by atoms with Gasteiger partial charge in [0, 0.05) is 24.0 Å². The Hall–Kier alpha value is -0.580. The highest BCUT2D eigenvalue weighted by molar-refractivity contribution is 7.10. The molecule has 5 heteroatoms. The zero-order valence-corrected chi connectivity index (χ0v) is 11.6. The second-order valence-corrected chi connectivity index (χ2v) is 5.23. The SMILES string of the molecule is CNC1CCN(C(=O)Cc2cccs2)CC1.Cl. The largest absolute Gasteiger partial charge is 0.342 e. The number of hydrogen-bond donors (Lipinski definition) is 1. The molecule has 0 bridgehead atoms. The van der Waals surface area contributed by atoms with Gasteiger partial charge in [-0.05, 0) is 31.3 Å². The third kappa shape index (κ3) is 3.98. The summed E-state index contributed by atoms with van der Waals surface area (Å²) in [5.74, 6) is 0.275. The van der Waals surface area contributed by atoms with Crippen molar-refractivity contribution in [3.8, 4) is 0 Å². The fraction of sp³-hybridized carbons (Fsp3) is 0.583. The molecule has 0 unspecified atom stereocenters. The molecular weight excluding hydrogens is 256 g/mol. The lowest BCUT2D eigenvalue weighted by Gasteiger charge is -2.31. The number of likely N-dealkylation sites (tertiary alicyclic amines) is 1. The van der Waals surface area contributed by atoms with Gasteiger partial charge in [-0.2, -0.15) is 0 Å². The van der Waals surface area contributed by atoms with E-state index in [0.717, 1.165) is 25.9 Å². The number of carbonyl (C=O) groups excluding carboxylic acids is 1. The Bertz CT molecular complexity index is 334. The predicted molar refractivity (Wildman–Crippen MR) is 73.9 cm³/mol. The van der Waals surface area contributed by atoms with E-state index in [9.17, 15) is 4.79 Å². The number of amides is 1. The summed E-state index contributed by atoms with van der Waals surface area (Å²) in [7, 11) is 1.99. The highest BCUT2D eigenvalue weighted by atomic mass is 35.5. The molecule has 0 spiro atoms. The Morgan fingerprint density at radius 2 is 2.24 bits per heavy atom. The number of halogens is 1. The molecule has 96 valence electrons. The van der Waals surface area contributed by atoms with Crippen LogP contribution in [0, 0.1) is 0 Å². The van der Waals surface area contributed by atoms with Crippen LogP contribution in [0.2, 0.25) is 0 Å². The van der Waals surface area contributed by atoms with E-state index >= 15 is 0 Å². The van der Waals surface area contributed by atoms with Gasteiger partial charge in [-0.3, -0.25) is 4.79 Å². The van der Waals surface area contributed by atoms with Crippen LogP contribution in [0.3, 0.4) is 0 Å². The zero-order valence-electron chi connectivity index (χ0n) is 10.0. The summed E-state index contributed by atoms with van der Waals surface area (Å²) >= 11 is 1.66. The predicted octanol–water partition coefficient (Wildman–Crippen LogP) is 1.92. The summed E-state index contributed by atoms with van der Waals surface area (Å²) in [4.78, 5) is 15.1. The summed E-state index contributed by atoms with van der Waals surface area (Å²) in [5.41, 5.74) is 0. The van der Waals surface area contributed by atoms with Crippen molar-refractivity contribution >= 4 is 29.7 Å². The number of nitrogens with one attached hydrogen (secondary N) is 1. The lowest BCUT2D eigenvalue weighted by Crippen LogP contribution is -2.44. The van der Waals surface area contributed by atoms with E-state index in [1.54, 1.807) is 11.3 Å². The first kappa shape index (κ1) is 14.5. The van der Waals surface area contributed by atoms with Crippen molar-refractivity contribution in [3.05, 3.63) is 22.4 Å². The molecule has 1 aromatic rings. The van der Waals surface area contributed by atoms with Crippen molar-refractivity contribution < 1.29 is 4.79 Å². The number of piperidine rings is 1. The van der Waals surface area contributed by atoms with Crippen LogP contribution in [0.15, 0.2) is 17.5 Å². The normalized spacial score (nSPS) is 16.6. The lowest BCUT2D eigenvalue weighted by molar-refractivity contribution is -0.131. The Balaban J connectivity index is 0.00000144. The van der Waals surface area contributed by atoms with Gasteiger partial charge >= 0.3 is 0 Å². The molecule has 2 rings (SSSR count). The molecular formula is C12H19ClN2OS. The molecule has 1 N–H and O–H groups in total. The fourth-order valence-corrected chi connectivity index (χ4v) is 2.79. The van der Waals surface area contributed by atoms with E-state index in [4.69, 9.17) is 0 Å². The number of carbonyl (C=O) groups is 1. The summed E-state index contributed by atoms with van der Waals surface area (Å²) in [6.07, 6.45) is 2.72. The first-order chi connectivity index (χ1) is 7.79. The van der Waals surface area contributed by atoms with Gasteiger partial charge in [0.05, 0.1) is 6.42 Å². The number of thiophene rings is 1. The van der Waals surface area contributed by atoms with Gasteiger partial charge in [0.2, 0.25) is 5.91 Å². The highest BCUT2D eigenvalue weighted by Gasteiger charge is 2.21. The smallest absolute Gasteiger partial charge is 0.227 e. The van der Waals surface area contributed by atoms with Crippen LogP contribution in [0.1, 0.15) is 17.7 Å². The van der Waals surface area contributed by atoms with Gasteiger partial charge < -0.3 is 10.2 Å². The Labute approximate surface area is 113 Å². The summed E-state index contributed by atoms with van der Waals surface area (Å²) in [6.45, 7) is 1.80. The second-order valence-electron chi connectivity index (χ2n) is 4.20. The molecule has 1 amide bonds. The third-order valence-corrected chi connectivity index (χ3v) is 4.04. The van der Waals surface area contributed by atoms with Crippen molar-refractivity contribution in [2.75, 3.05) is 20.1 Å². The molecule has 2 heterocycles. The number of nitrogens with zero attached hydrogens (tertiary/aromatic N) is 1. The average molecular weight is 275 g/mol. The van der Waals surface area contributed by atoms with E-state index in [0.29, 0.717) is 12.5 Å². The van der Waals surface area contributed by atoms with Crippen molar-refractivity contribution in [2.45, 2.75) is 25.3 Å². The topological polar surface area (TPSA) is 32.3 Å².